The molecule has 2 heterocycles. The fraction of sp³-hybridized carbons (Fsp3) is 0.412. The maximum absolute atomic E-state index is 14.4. The van der Waals surface area contributed by atoms with E-state index in [1.807, 2.05) is 0 Å². The number of amides is 1. The Bertz CT molecular complexity index is 747. The number of halogens is 2. The quantitative estimate of drug-likeness (QED) is 0.810. The Morgan fingerprint density at radius 2 is 2.00 bits per heavy atom. The fourth-order valence-corrected chi connectivity index (χ4v) is 3.27. The van der Waals surface area contributed by atoms with Crippen molar-refractivity contribution in [1.29, 1.82) is 0 Å². The lowest BCUT2D eigenvalue weighted by molar-refractivity contribution is -0.131. The zero-order chi connectivity index (χ0) is 18.1. The van der Waals surface area contributed by atoms with E-state index in [4.69, 9.17) is 17.0 Å². The standard InChI is InChI=1S/C17H19F2N3O2S/c1-10-14(16(23)22-5-7-24-8-6-22)15(20-17(25)21(10)2)12-4-3-11(18)9-13(12)19/h3-4,9,15H,5-8H2,1-2H3,(H,20,25). The van der Waals surface area contributed by atoms with Gasteiger partial charge in [-0.25, -0.2) is 8.78 Å². The average molecular weight is 367 g/mol. The molecule has 1 aromatic rings. The number of carbonyl (C=O) groups is 1. The van der Waals surface area contributed by atoms with Crippen molar-refractivity contribution in [2.45, 2.75) is 13.0 Å². The van der Waals surface area contributed by atoms with E-state index in [1.165, 1.54) is 12.1 Å². The molecule has 1 unspecified atom stereocenters. The molecule has 0 radical (unpaired) electrons. The van der Waals surface area contributed by atoms with Crippen LogP contribution in [0.2, 0.25) is 0 Å². The highest BCUT2D eigenvalue weighted by atomic mass is 32.1. The summed E-state index contributed by atoms with van der Waals surface area (Å²) in [7, 11) is 1.74. The van der Waals surface area contributed by atoms with E-state index in [1.54, 1.807) is 23.8 Å². The van der Waals surface area contributed by atoms with Gasteiger partial charge in [-0.3, -0.25) is 4.79 Å². The summed E-state index contributed by atoms with van der Waals surface area (Å²) in [6, 6.07) is 2.56. The highest BCUT2D eigenvalue weighted by molar-refractivity contribution is 7.80. The summed E-state index contributed by atoms with van der Waals surface area (Å²) in [5, 5.41) is 3.38. The van der Waals surface area contributed by atoms with Gasteiger partial charge in [0.2, 0.25) is 0 Å². The highest BCUT2D eigenvalue weighted by Gasteiger charge is 2.36. The first-order valence-corrected chi connectivity index (χ1v) is 8.38. The van der Waals surface area contributed by atoms with Crippen LogP contribution in [-0.4, -0.2) is 54.2 Å². The fourth-order valence-electron chi connectivity index (χ4n) is 3.02. The Kier molecular flexibility index (Phi) is 5.01. The van der Waals surface area contributed by atoms with Gasteiger partial charge < -0.3 is 19.9 Å². The van der Waals surface area contributed by atoms with Gasteiger partial charge in [-0.05, 0) is 25.2 Å². The monoisotopic (exact) mass is 367 g/mol. The molecule has 0 saturated carbocycles. The molecular weight excluding hydrogens is 348 g/mol. The molecule has 1 aromatic carbocycles. The number of nitrogens with zero attached hydrogens (tertiary/aromatic N) is 2. The smallest absolute Gasteiger partial charge is 0.254 e. The van der Waals surface area contributed by atoms with E-state index in [0.717, 1.165) is 6.07 Å². The third-order valence-corrected chi connectivity index (χ3v) is 4.95. The highest BCUT2D eigenvalue weighted by Crippen LogP contribution is 2.32. The van der Waals surface area contributed by atoms with Gasteiger partial charge >= 0.3 is 0 Å². The Morgan fingerprint density at radius 3 is 2.64 bits per heavy atom. The van der Waals surface area contributed by atoms with Crippen molar-refractivity contribution in [2.75, 3.05) is 33.4 Å². The van der Waals surface area contributed by atoms with Gasteiger partial charge in [-0.2, -0.15) is 0 Å². The van der Waals surface area contributed by atoms with E-state index < -0.39 is 17.7 Å². The molecule has 0 aliphatic carbocycles. The first-order valence-electron chi connectivity index (χ1n) is 7.97. The minimum Gasteiger partial charge on any atom is -0.378 e. The number of benzene rings is 1. The van der Waals surface area contributed by atoms with Crippen LogP contribution in [-0.2, 0) is 9.53 Å². The van der Waals surface area contributed by atoms with Crippen LogP contribution in [0.3, 0.4) is 0 Å². The molecule has 2 aliphatic heterocycles. The van der Waals surface area contributed by atoms with E-state index in [2.05, 4.69) is 5.32 Å². The Hall–Kier alpha value is -2.06. The maximum Gasteiger partial charge on any atom is 0.254 e. The minimum absolute atomic E-state index is 0.188. The molecule has 3 rings (SSSR count). The number of allylic oxidation sites excluding steroid dienone is 1. The van der Waals surface area contributed by atoms with Crippen molar-refractivity contribution in [1.82, 2.24) is 15.1 Å². The predicted molar refractivity (Wildman–Crippen MR) is 92.7 cm³/mol. The summed E-state index contributed by atoms with van der Waals surface area (Å²) in [6.45, 7) is 3.66. The Morgan fingerprint density at radius 1 is 1.32 bits per heavy atom. The number of morpholine rings is 1. The molecule has 1 atom stereocenters. The van der Waals surface area contributed by atoms with Crippen LogP contribution in [0.25, 0.3) is 0 Å². The summed E-state index contributed by atoms with van der Waals surface area (Å²) in [4.78, 5) is 16.4. The van der Waals surface area contributed by atoms with Gasteiger partial charge in [0.1, 0.15) is 11.6 Å². The summed E-state index contributed by atoms with van der Waals surface area (Å²) in [5.41, 5.74) is 1.24. The second-order valence-corrected chi connectivity index (χ2v) is 6.40. The Labute approximate surface area is 150 Å². The molecule has 25 heavy (non-hydrogen) atoms. The van der Waals surface area contributed by atoms with E-state index in [9.17, 15) is 13.6 Å². The number of rotatable bonds is 2. The number of hydrogen-bond acceptors (Lipinski definition) is 3. The van der Waals surface area contributed by atoms with Gasteiger partial charge in [-0.1, -0.05) is 6.07 Å². The lowest BCUT2D eigenvalue weighted by Gasteiger charge is -2.38. The normalized spacial score (nSPS) is 21.4. The SMILES string of the molecule is CC1=C(C(=O)N2CCOCC2)C(c2ccc(F)cc2F)NC(=S)N1C. The van der Waals surface area contributed by atoms with Gasteiger partial charge in [-0.15, -0.1) is 0 Å². The molecule has 2 aliphatic rings. The summed E-state index contributed by atoms with van der Waals surface area (Å²) < 4.78 is 32.9. The third kappa shape index (κ3) is 3.36. The third-order valence-electron chi connectivity index (χ3n) is 4.56. The lowest BCUT2D eigenvalue weighted by Crippen LogP contribution is -2.50. The summed E-state index contributed by atoms with van der Waals surface area (Å²) >= 11 is 5.29. The molecule has 1 saturated heterocycles. The van der Waals surface area contributed by atoms with Gasteiger partial charge in [0.15, 0.2) is 5.11 Å². The van der Waals surface area contributed by atoms with Crippen molar-refractivity contribution in [3.05, 3.63) is 46.7 Å². The van der Waals surface area contributed by atoms with E-state index >= 15 is 0 Å². The number of ether oxygens (including phenoxy) is 1. The second kappa shape index (κ2) is 7.05. The van der Waals surface area contributed by atoms with E-state index in [0.29, 0.717) is 42.7 Å². The van der Waals surface area contributed by atoms with Crippen LogP contribution in [0.4, 0.5) is 8.78 Å². The minimum atomic E-state index is -0.764. The number of thiocarbonyl (C=S) groups is 1. The molecule has 1 amide bonds. The van der Waals surface area contributed by atoms with Crippen LogP contribution < -0.4 is 5.32 Å². The number of nitrogens with one attached hydrogen (secondary N) is 1. The molecule has 1 N–H and O–H groups in total. The van der Waals surface area contributed by atoms with Crippen LogP contribution >= 0.6 is 12.2 Å². The van der Waals surface area contributed by atoms with Crippen molar-refractivity contribution in [3.8, 4) is 0 Å². The zero-order valence-corrected chi connectivity index (χ0v) is 14.8. The van der Waals surface area contributed by atoms with Crippen LogP contribution in [0.1, 0.15) is 18.5 Å². The second-order valence-electron chi connectivity index (χ2n) is 6.01. The van der Waals surface area contributed by atoms with Crippen molar-refractivity contribution in [3.63, 3.8) is 0 Å². The van der Waals surface area contributed by atoms with Crippen LogP contribution in [0.15, 0.2) is 29.5 Å². The molecule has 1 fully saturated rings. The van der Waals surface area contributed by atoms with E-state index in [-0.39, 0.29) is 11.5 Å². The lowest BCUT2D eigenvalue weighted by atomic mass is 9.93. The summed E-state index contributed by atoms with van der Waals surface area (Å²) in [6.07, 6.45) is 0. The Balaban J connectivity index is 2.05. The van der Waals surface area contributed by atoms with Crippen LogP contribution in [0, 0.1) is 11.6 Å². The first kappa shape index (κ1) is 17.8. The van der Waals surface area contributed by atoms with Crippen molar-refractivity contribution < 1.29 is 18.3 Å². The van der Waals surface area contributed by atoms with Gasteiger partial charge in [0.05, 0.1) is 24.8 Å². The molecule has 134 valence electrons. The molecule has 5 nitrogen and oxygen atoms in total. The molecule has 0 spiro atoms. The molecule has 0 bridgehead atoms. The van der Waals surface area contributed by atoms with Crippen molar-refractivity contribution >= 4 is 23.2 Å². The first-order chi connectivity index (χ1) is 11.9. The van der Waals surface area contributed by atoms with Gasteiger partial charge in [0, 0.05) is 37.5 Å². The number of carbonyl (C=O) groups excluding carboxylic acids is 1. The summed E-state index contributed by atoms with van der Waals surface area (Å²) in [5.74, 6) is -1.58. The van der Waals surface area contributed by atoms with Crippen LogP contribution in [0.5, 0.6) is 0 Å². The predicted octanol–water partition coefficient (Wildman–Crippen LogP) is 1.96. The molecule has 0 aromatic heterocycles. The largest absolute Gasteiger partial charge is 0.378 e. The topological polar surface area (TPSA) is 44.8 Å². The molecule has 8 heteroatoms. The molecular formula is C17H19F2N3O2S. The number of hydrogen-bond donors (Lipinski definition) is 1. The zero-order valence-electron chi connectivity index (χ0n) is 14.0. The average Bonchev–Trinajstić information content (AvgIpc) is 2.60. The van der Waals surface area contributed by atoms with Crippen molar-refractivity contribution in [2.24, 2.45) is 0 Å². The van der Waals surface area contributed by atoms with Gasteiger partial charge in [0.25, 0.3) is 5.91 Å². The maximum atomic E-state index is 14.4.